The lowest BCUT2D eigenvalue weighted by molar-refractivity contribution is -0.139. The Morgan fingerprint density at radius 2 is 0.723 bits per heavy atom. The van der Waals surface area contributed by atoms with Gasteiger partial charge in [0, 0.05) is 33.4 Å². The molecule has 6 rings (SSSR count). The van der Waals surface area contributed by atoms with Crippen LogP contribution >= 0.6 is 0 Å². The molecule has 0 radical (unpaired) electrons. The van der Waals surface area contributed by atoms with Gasteiger partial charge in [-0.1, -0.05) is 94.1 Å². The SMILES string of the molecule is C=C(C)C(=O)OCCNC(=O)OCCOc1ccc2c(C(C)(c3ccc(C4CCCCC4)cc3)c3c(OCCOC(=O)NCCOC(=O)C(=C)C)ccc4cc(OCCOC(=O)NCCOC(=O)C(=C)C)ccc34)c(OCCOC(=O)NCCOC(=O)C(=C)C)ccc2c1. The minimum atomic E-state index is -1.24. The first-order valence-electron chi connectivity index (χ1n) is 30.8. The van der Waals surface area contributed by atoms with Gasteiger partial charge in [0.05, 0.1) is 31.6 Å². The van der Waals surface area contributed by atoms with Crippen molar-refractivity contribution in [3.63, 3.8) is 0 Å². The summed E-state index contributed by atoms with van der Waals surface area (Å²) in [7, 11) is 0. The van der Waals surface area contributed by atoms with Crippen molar-refractivity contribution in [3.05, 3.63) is 156 Å². The van der Waals surface area contributed by atoms with E-state index in [0.717, 1.165) is 31.2 Å². The highest BCUT2D eigenvalue weighted by Gasteiger charge is 2.40. The molecule has 5 aromatic rings. The highest BCUT2D eigenvalue weighted by Crippen LogP contribution is 2.52. The van der Waals surface area contributed by atoms with E-state index in [9.17, 15) is 38.4 Å². The summed E-state index contributed by atoms with van der Waals surface area (Å²) in [5.41, 5.74) is 2.99. The fraction of sp³-hybridized carbons (Fsp3) is 0.400. The van der Waals surface area contributed by atoms with Crippen LogP contribution in [0.5, 0.6) is 23.0 Å². The van der Waals surface area contributed by atoms with E-state index in [1.807, 2.05) is 48.5 Å². The standard InChI is InChI=1S/C70H84N4O20/c1-45(2)62(75)87-31-27-71-66(79)91-39-35-83-54-21-23-56-51(43-54)17-25-58(85-37-41-93-68(81)73-29-33-89-64(77)47(5)6)60(56)70(9,53-19-15-50(16-20-53)49-13-11-10-12-14-49)61-57-24-22-55(84-36-40-92-67(80)72-28-32-88-63(76)46(3)4)44-52(57)18-26-59(61)86-38-42-94-69(82)74-30-34-90-65(78)48(7)8/h15-26,43-44,49H,1,3,5,7,10-14,27-42H2,2,4,6,8-9H3,(H,71,79)(H,72,80)(H,73,81)(H,74,82). The second-order valence-electron chi connectivity index (χ2n) is 22.0. The van der Waals surface area contributed by atoms with Crippen molar-refractivity contribution < 1.29 is 95.2 Å². The molecule has 4 N–H and O–H groups in total. The molecule has 0 saturated heterocycles. The second kappa shape index (κ2) is 37.3. The molecule has 1 fully saturated rings. The number of nitrogens with one attached hydrogen (secondary N) is 4. The third-order valence-corrected chi connectivity index (χ3v) is 14.6. The molecule has 1 aliphatic carbocycles. The third kappa shape index (κ3) is 22.5. The number of fused-ring (bicyclic) bond motifs is 2. The average molecular weight is 1300 g/mol. The summed E-state index contributed by atoms with van der Waals surface area (Å²) < 4.78 is 67.7. The number of alkyl carbamates (subject to hydrolysis) is 4. The van der Waals surface area contributed by atoms with E-state index in [1.54, 1.807) is 12.1 Å². The molecular weight excluding hydrogens is 1220 g/mol. The summed E-state index contributed by atoms with van der Waals surface area (Å²) in [5, 5.41) is 13.0. The quantitative estimate of drug-likeness (QED) is 0.00953. The molecule has 504 valence electrons. The second-order valence-corrected chi connectivity index (χ2v) is 22.0. The molecule has 5 aromatic carbocycles. The average Bonchev–Trinajstić information content (AvgIpc) is 0.719. The number of carbonyl (C=O) groups is 8. The van der Waals surface area contributed by atoms with Gasteiger partial charge in [0.2, 0.25) is 0 Å². The first-order valence-corrected chi connectivity index (χ1v) is 30.8. The van der Waals surface area contributed by atoms with Crippen LogP contribution in [0.2, 0.25) is 0 Å². The van der Waals surface area contributed by atoms with Gasteiger partial charge >= 0.3 is 48.3 Å². The number of rotatable bonds is 36. The fourth-order valence-corrected chi connectivity index (χ4v) is 10.0. The molecule has 1 saturated carbocycles. The molecule has 0 spiro atoms. The van der Waals surface area contributed by atoms with Crippen molar-refractivity contribution in [3.8, 4) is 23.0 Å². The van der Waals surface area contributed by atoms with Crippen molar-refractivity contribution in [2.75, 3.05) is 105 Å². The third-order valence-electron chi connectivity index (χ3n) is 14.6. The largest absolute Gasteiger partial charge is 0.490 e. The molecule has 94 heavy (non-hydrogen) atoms. The Hall–Kier alpha value is -10.3. The molecule has 24 heteroatoms. The van der Waals surface area contributed by atoms with Gasteiger partial charge < -0.3 is 78.1 Å². The van der Waals surface area contributed by atoms with E-state index in [4.69, 9.17) is 56.8 Å². The van der Waals surface area contributed by atoms with Crippen LogP contribution in [0.3, 0.4) is 0 Å². The number of hydrogen-bond donors (Lipinski definition) is 4. The van der Waals surface area contributed by atoms with E-state index in [0.29, 0.717) is 61.6 Å². The van der Waals surface area contributed by atoms with E-state index >= 15 is 0 Å². The minimum Gasteiger partial charge on any atom is -0.490 e. The van der Waals surface area contributed by atoms with Crippen LogP contribution in [0.25, 0.3) is 21.5 Å². The number of ether oxygens (including phenoxy) is 12. The smallest absolute Gasteiger partial charge is 0.407 e. The van der Waals surface area contributed by atoms with Crippen LogP contribution in [0.1, 0.15) is 94.9 Å². The number of hydrogen-bond acceptors (Lipinski definition) is 20. The maximum atomic E-state index is 12.9. The van der Waals surface area contributed by atoms with E-state index in [-0.39, 0.29) is 128 Å². The molecule has 0 aromatic heterocycles. The topological polar surface area (TPSA) is 295 Å². The predicted molar refractivity (Wildman–Crippen MR) is 348 cm³/mol. The number of esters is 4. The Morgan fingerprint density at radius 1 is 0.394 bits per heavy atom. The lowest BCUT2D eigenvalue weighted by Crippen LogP contribution is -2.31. The molecule has 1 aliphatic rings. The molecule has 0 heterocycles. The number of amides is 4. The Kier molecular flexibility index (Phi) is 28.9. The number of carbonyl (C=O) groups excluding carboxylic acids is 8. The maximum absolute atomic E-state index is 12.9. The van der Waals surface area contributed by atoms with Crippen molar-refractivity contribution in [2.24, 2.45) is 0 Å². The Bertz CT molecular complexity index is 3330. The van der Waals surface area contributed by atoms with Gasteiger partial charge in [-0.3, -0.25) is 0 Å². The van der Waals surface area contributed by atoms with Gasteiger partial charge in [-0.15, -0.1) is 0 Å². The summed E-state index contributed by atoms with van der Waals surface area (Å²) in [6.45, 7) is 21.1. The Balaban J connectivity index is 1.39. The van der Waals surface area contributed by atoms with Crippen molar-refractivity contribution in [2.45, 2.75) is 78.1 Å². The van der Waals surface area contributed by atoms with E-state index in [2.05, 4.69) is 78.8 Å². The maximum Gasteiger partial charge on any atom is 0.407 e. The van der Waals surface area contributed by atoms with Crippen LogP contribution < -0.4 is 40.2 Å². The highest BCUT2D eigenvalue weighted by atomic mass is 16.6. The normalized spacial score (nSPS) is 12.0. The minimum absolute atomic E-state index is 0.0147. The molecular formula is C70H84N4O20. The molecule has 0 aliphatic heterocycles. The summed E-state index contributed by atoms with van der Waals surface area (Å²) in [6.07, 6.45) is 2.54. The molecule has 0 unspecified atom stereocenters. The first-order chi connectivity index (χ1) is 45.2. The van der Waals surface area contributed by atoms with Crippen LogP contribution in [0, 0.1) is 0 Å². The van der Waals surface area contributed by atoms with Crippen molar-refractivity contribution in [1.82, 2.24) is 21.3 Å². The number of benzene rings is 5. The van der Waals surface area contributed by atoms with Crippen LogP contribution in [-0.2, 0) is 62.5 Å². The predicted octanol–water partition coefficient (Wildman–Crippen LogP) is 10.3. The lowest BCUT2D eigenvalue weighted by atomic mass is 9.67. The molecule has 0 bridgehead atoms. The summed E-state index contributed by atoms with van der Waals surface area (Å²) in [5.74, 6) is -0.280. The molecule has 24 nitrogen and oxygen atoms in total. The van der Waals surface area contributed by atoms with Gasteiger partial charge in [-0.2, -0.15) is 0 Å². The molecule has 4 amide bonds. The van der Waals surface area contributed by atoms with Crippen LogP contribution in [0.15, 0.2) is 134 Å². The fourth-order valence-electron chi connectivity index (χ4n) is 10.0. The zero-order chi connectivity index (χ0) is 68.0. The van der Waals surface area contributed by atoms with E-state index in [1.165, 1.54) is 39.7 Å². The van der Waals surface area contributed by atoms with Crippen molar-refractivity contribution in [1.29, 1.82) is 0 Å². The molecule has 0 atom stereocenters. The van der Waals surface area contributed by atoms with Gasteiger partial charge in [-0.05, 0) is 122 Å². The van der Waals surface area contributed by atoms with Gasteiger partial charge in [0.25, 0.3) is 0 Å². The first kappa shape index (κ1) is 72.8. The lowest BCUT2D eigenvalue weighted by Gasteiger charge is -2.37. The highest BCUT2D eigenvalue weighted by molar-refractivity contribution is 5.96. The van der Waals surface area contributed by atoms with Crippen LogP contribution in [-0.4, -0.2) is 154 Å². The van der Waals surface area contributed by atoms with Gasteiger partial charge in [-0.25, -0.2) is 38.4 Å². The zero-order valence-electron chi connectivity index (χ0n) is 54.0. The monoisotopic (exact) mass is 1300 g/mol. The van der Waals surface area contributed by atoms with Crippen molar-refractivity contribution >= 4 is 69.8 Å². The zero-order valence-corrected chi connectivity index (χ0v) is 54.0. The van der Waals surface area contributed by atoms with Gasteiger partial charge in [0.15, 0.2) is 0 Å². The summed E-state index contributed by atoms with van der Waals surface area (Å²) in [6, 6.07) is 27.0. The Labute approximate surface area is 546 Å². The van der Waals surface area contributed by atoms with Gasteiger partial charge in [0.1, 0.15) is 102 Å². The summed E-state index contributed by atoms with van der Waals surface area (Å²) >= 11 is 0. The van der Waals surface area contributed by atoms with Crippen LogP contribution in [0.4, 0.5) is 19.2 Å². The Morgan fingerprint density at radius 3 is 1.05 bits per heavy atom. The van der Waals surface area contributed by atoms with E-state index < -0.39 is 53.7 Å². The summed E-state index contributed by atoms with van der Waals surface area (Å²) in [4.78, 5) is 98.0.